The first-order valence-electron chi connectivity index (χ1n) is 13.7. The van der Waals surface area contributed by atoms with Gasteiger partial charge in [-0.2, -0.15) is 0 Å². The van der Waals surface area contributed by atoms with Gasteiger partial charge in [0, 0.05) is 49.2 Å². The first-order chi connectivity index (χ1) is 18.6. The minimum absolute atomic E-state index is 0.0450. The van der Waals surface area contributed by atoms with Crippen LogP contribution in [0.4, 0.5) is 14.7 Å². The molecule has 208 valence electrons. The number of aliphatic hydroxyl groups is 1. The van der Waals surface area contributed by atoms with E-state index in [4.69, 9.17) is 9.72 Å². The smallest absolute Gasteiger partial charge is 0.222 e. The summed E-state index contributed by atoms with van der Waals surface area (Å²) in [5.74, 6) is -0.321. The first kappa shape index (κ1) is 27.4. The normalized spacial score (nSPS) is 19.5. The van der Waals surface area contributed by atoms with Crippen molar-refractivity contribution in [3.63, 3.8) is 0 Å². The molecule has 39 heavy (non-hydrogen) atoms. The van der Waals surface area contributed by atoms with Gasteiger partial charge in [-0.15, -0.1) is 0 Å². The molecule has 1 fully saturated rings. The maximum absolute atomic E-state index is 13.9. The van der Waals surface area contributed by atoms with Crippen molar-refractivity contribution in [3.8, 4) is 5.88 Å². The van der Waals surface area contributed by atoms with Gasteiger partial charge < -0.3 is 20.5 Å². The van der Waals surface area contributed by atoms with E-state index >= 15 is 0 Å². The van der Waals surface area contributed by atoms with E-state index in [1.54, 1.807) is 18.5 Å². The molecule has 7 nitrogen and oxygen atoms in total. The first-order valence-corrected chi connectivity index (χ1v) is 13.7. The molecular weight excluding hydrogens is 500 g/mol. The standard InChI is InChI=1S/C30H37F2N5O2/c1-29(2,3)15-20-12-23-25(16-30(6-4-7-30)39-27(23)36-17-20)35-18-26(38)24(37-28-33-8-5-9-34-28)13-19-10-21(31)14-22(32)11-19/h5,8-12,14,17,24-26,35,38H,4,6-7,13,15-16,18H2,1-3H3,(H,33,34,37)/t24-,25+,26+/m0/s1. The number of anilines is 1. The van der Waals surface area contributed by atoms with Gasteiger partial charge in [-0.25, -0.2) is 23.7 Å². The predicted octanol–water partition coefficient (Wildman–Crippen LogP) is 5.16. The Labute approximate surface area is 228 Å². The van der Waals surface area contributed by atoms with Crippen LogP contribution in [0.15, 0.2) is 48.9 Å². The fourth-order valence-electron chi connectivity index (χ4n) is 5.56. The molecule has 2 aromatic heterocycles. The van der Waals surface area contributed by atoms with Crippen molar-refractivity contribution in [2.45, 2.75) is 83.1 Å². The van der Waals surface area contributed by atoms with E-state index in [1.807, 2.05) is 6.20 Å². The summed E-state index contributed by atoms with van der Waals surface area (Å²) in [5.41, 5.74) is 2.48. The molecule has 1 aromatic carbocycles. The van der Waals surface area contributed by atoms with Crippen LogP contribution in [0.3, 0.4) is 0 Å². The maximum atomic E-state index is 13.9. The van der Waals surface area contributed by atoms with Gasteiger partial charge in [0.2, 0.25) is 11.8 Å². The summed E-state index contributed by atoms with van der Waals surface area (Å²) in [6.45, 7) is 6.84. The molecule has 0 radical (unpaired) electrons. The number of benzene rings is 1. The number of nitrogens with one attached hydrogen (secondary N) is 2. The van der Waals surface area contributed by atoms with E-state index in [0.29, 0.717) is 17.4 Å². The van der Waals surface area contributed by atoms with E-state index in [1.165, 1.54) is 12.1 Å². The second-order valence-electron chi connectivity index (χ2n) is 12.2. The zero-order valence-electron chi connectivity index (χ0n) is 22.8. The van der Waals surface area contributed by atoms with Crippen LogP contribution >= 0.6 is 0 Å². The average Bonchev–Trinajstić information content (AvgIpc) is 2.85. The number of hydrogen-bond donors (Lipinski definition) is 3. The Morgan fingerprint density at radius 1 is 1.05 bits per heavy atom. The number of pyridine rings is 1. The number of ether oxygens (including phenoxy) is 1. The Bertz CT molecular complexity index is 1260. The van der Waals surface area contributed by atoms with Gasteiger partial charge in [0.1, 0.15) is 17.2 Å². The Hall–Kier alpha value is -3.17. The fraction of sp³-hybridized carbons (Fsp3) is 0.500. The van der Waals surface area contributed by atoms with Crippen LogP contribution < -0.4 is 15.4 Å². The largest absolute Gasteiger partial charge is 0.471 e. The Balaban J connectivity index is 1.35. The van der Waals surface area contributed by atoms with Crippen LogP contribution in [0.5, 0.6) is 5.88 Å². The summed E-state index contributed by atoms with van der Waals surface area (Å²) >= 11 is 0. The highest BCUT2D eigenvalue weighted by atomic mass is 19.1. The molecule has 3 N–H and O–H groups in total. The van der Waals surface area contributed by atoms with Gasteiger partial charge in [0.05, 0.1) is 12.1 Å². The lowest BCUT2D eigenvalue weighted by molar-refractivity contribution is -0.0419. The van der Waals surface area contributed by atoms with Crippen LogP contribution in [-0.4, -0.2) is 44.4 Å². The van der Waals surface area contributed by atoms with E-state index in [0.717, 1.165) is 49.3 Å². The minimum Gasteiger partial charge on any atom is -0.471 e. The molecule has 1 aliphatic heterocycles. The van der Waals surface area contributed by atoms with Gasteiger partial charge in [0.15, 0.2) is 0 Å². The lowest BCUT2D eigenvalue weighted by Crippen LogP contribution is -2.51. The Morgan fingerprint density at radius 3 is 2.41 bits per heavy atom. The topological polar surface area (TPSA) is 92.2 Å². The second-order valence-corrected chi connectivity index (χ2v) is 12.2. The van der Waals surface area contributed by atoms with Crippen molar-refractivity contribution < 1.29 is 18.6 Å². The van der Waals surface area contributed by atoms with E-state index in [-0.39, 0.29) is 30.0 Å². The molecule has 9 heteroatoms. The average molecular weight is 538 g/mol. The molecule has 1 saturated carbocycles. The molecule has 0 amide bonds. The second kappa shape index (κ2) is 11.1. The SMILES string of the molecule is CC(C)(C)Cc1cnc2c(c1)[C@H](NC[C@@H](O)[C@H](Cc1cc(F)cc(F)c1)Nc1ncccn1)CC1(CCC1)O2. The minimum atomic E-state index is -0.908. The molecule has 5 rings (SSSR count). The maximum Gasteiger partial charge on any atom is 0.222 e. The highest BCUT2D eigenvalue weighted by Crippen LogP contribution is 2.48. The zero-order valence-corrected chi connectivity index (χ0v) is 22.8. The molecular formula is C30H37F2N5O2. The van der Waals surface area contributed by atoms with Gasteiger partial charge >= 0.3 is 0 Å². The Kier molecular flexibility index (Phi) is 7.82. The highest BCUT2D eigenvalue weighted by Gasteiger charge is 2.46. The van der Waals surface area contributed by atoms with Crippen molar-refractivity contribution in [3.05, 3.63) is 77.2 Å². The summed E-state index contributed by atoms with van der Waals surface area (Å²) in [4.78, 5) is 13.1. The molecule has 1 aliphatic carbocycles. The van der Waals surface area contributed by atoms with Crippen LogP contribution in [0, 0.1) is 17.0 Å². The van der Waals surface area contributed by atoms with Gasteiger partial charge in [0.25, 0.3) is 0 Å². The third-order valence-electron chi connectivity index (χ3n) is 7.50. The van der Waals surface area contributed by atoms with Crippen LogP contribution in [0.25, 0.3) is 0 Å². The molecule has 0 unspecified atom stereocenters. The van der Waals surface area contributed by atoms with Gasteiger partial charge in [-0.3, -0.25) is 0 Å². The summed E-state index contributed by atoms with van der Waals surface area (Å²) in [7, 11) is 0. The van der Waals surface area contributed by atoms with Crippen molar-refractivity contribution >= 4 is 5.95 Å². The number of nitrogens with zero attached hydrogens (tertiary/aromatic N) is 3. The molecule has 3 heterocycles. The van der Waals surface area contributed by atoms with Crippen molar-refractivity contribution in [1.29, 1.82) is 0 Å². The molecule has 1 spiro atoms. The number of fused-ring (bicyclic) bond motifs is 1. The fourth-order valence-corrected chi connectivity index (χ4v) is 5.56. The summed E-state index contributed by atoms with van der Waals surface area (Å²) in [6, 6.07) is 6.63. The summed E-state index contributed by atoms with van der Waals surface area (Å²) in [5, 5.41) is 18.1. The van der Waals surface area contributed by atoms with Crippen molar-refractivity contribution in [1.82, 2.24) is 20.3 Å². The third kappa shape index (κ3) is 6.89. The molecule has 3 aromatic rings. The van der Waals surface area contributed by atoms with Gasteiger partial charge in [-0.1, -0.05) is 20.8 Å². The summed E-state index contributed by atoms with van der Waals surface area (Å²) < 4.78 is 34.2. The molecule has 0 bridgehead atoms. The van der Waals surface area contributed by atoms with Crippen LogP contribution in [0.1, 0.15) is 69.2 Å². The molecule has 2 aliphatic rings. The monoisotopic (exact) mass is 537 g/mol. The Morgan fingerprint density at radius 2 is 1.77 bits per heavy atom. The lowest BCUT2D eigenvalue weighted by Gasteiger charge is -2.47. The van der Waals surface area contributed by atoms with E-state index in [9.17, 15) is 13.9 Å². The van der Waals surface area contributed by atoms with Crippen molar-refractivity contribution in [2.24, 2.45) is 5.41 Å². The quantitative estimate of drug-likeness (QED) is 0.347. The number of aliphatic hydroxyl groups excluding tert-OH is 1. The van der Waals surface area contributed by atoms with E-state index < -0.39 is 23.8 Å². The highest BCUT2D eigenvalue weighted by molar-refractivity contribution is 5.37. The molecule has 3 atom stereocenters. The van der Waals surface area contributed by atoms with E-state index in [2.05, 4.69) is 47.4 Å². The number of halogens is 2. The number of rotatable bonds is 9. The van der Waals surface area contributed by atoms with Gasteiger partial charge in [-0.05, 0) is 72.9 Å². The number of hydrogen-bond acceptors (Lipinski definition) is 7. The predicted molar refractivity (Wildman–Crippen MR) is 145 cm³/mol. The zero-order chi connectivity index (χ0) is 27.6. The molecule has 0 saturated heterocycles. The third-order valence-corrected chi connectivity index (χ3v) is 7.50. The van der Waals surface area contributed by atoms with Crippen molar-refractivity contribution in [2.75, 3.05) is 11.9 Å². The number of aromatic nitrogens is 3. The van der Waals surface area contributed by atoms with Crippen LogP contribution in [0.2, 0.25) is 0 Å². The van der Waals surface area contributed by atoms with Crippen LogP contribution in [-0.2, 0) is 12.8 Å². The lowest BCUT2D eigenvalue weighted by atomic mass is 9.73. The summed E-state index contributed by atoms with van der Waals surface area (Å²) in [6.07, 6.45) is 9.15.